The third-order valence-corrected chi connectivity index (χ3v) is 8.32. The van der Waals surface area contributed by atoms with Crippen LogP contribution in [0.1, 0.15) is 52.9 Å². The Balaban J connectivity index is 2.46. The Hall–Kier alpha value is -0.940. The first-order valence-electron chi connectivity index (χ1n) is 13.3. The molecule has 36 heavy (non-hydrogen) atoms. The van der Waals surface area contributed by atoms with Crippen molar-refractivity contribution in [2.24, 2.45) is 5.73 Å². The number of sulfonamides is 1. The second kappa shape index (κ2) is 18.3. The summed E-state index contributed by atoms with van der Waals surface area (Å²) in [7, 11) is 0.829. The largest absolute Gasteiger partial charge is 0.369 e. The van der Waals surface area contributed by atoms with Crippen LogP contribution < -0.4 is 11.1 Å². The van der Waals surface area contributed by atoms with Crippen molar-refractivity contribution >= 4 is 21.6 Å². The molecular weight excluding hydrogens is 498 g/mol. The highest BCUT2D eigenvalue weighted by Crippen LogP contribution is 2.18. The summed E-state index contributed by atoms with van der Waals surface area (Å²) in [4.78, 5) is 4.27. The Bertz CT molecular complexity index is 802. The van der Waals surface area contributed by atoms with Gasteiger partial charge in [0.2, 0.25) is 10.0 Å². The lowest BCUT2D eigenvalue weighted by Gasteiger charge is -2.36. The van der Waals surface area contributed by atoms with E-state index >= 15 is 0 Å². The van der Waals surface area contributed by atoms with Crippen LogP contribution in [-0.4, -0.2) is 101 Å². The molecule has 0 radical (unpaired) electrons. The smallest absolute Gasteiger partial charge is 0.214 e. The van der Waals surface area contributed by atoms with E-state index in [0.29, 0.717) is 45.8 Å². The maximum absolute atomic E-state index is 12.4. The topological polar surface area (TPSA) is 91.1 Å². The van der Waals surface area contributed by atoms with E-state index < -0.39 is 10.0 Å². The molecule has 1 rings (SSSR count). The molecule has 1 heterocycles. The van der Waals surface area contributed by atoms with Crippen LogP contribution in [-0.2, 0) is 14.8 Å². The van der Waals surface area contributed by atoms with Crippen LogP contribution in [0.4, 0.5) is 0 Å². The number of ether oxygens (including phenoxy) is 1. The average molecular weight is 548 g/mol. The molecule has 10 heteroatoms. The maximum Gasteiger partial charge on any atom is 0.214 e. The van der Waals surface area contributed by atoms with Crippen molar-refractivity contribution in [3.05, 3.63) is 34.5 Å². The zero-order chi connectivity index (χ0) is 27.0. The van der Waals surface area contributed by atoms with Gasteiger partial charge in [-0.3, -0.25) is 0 Å². The fourth-order valence-corrected chi connectivity index (χ4v) is 5.67. The molecule has 3 N–H and O–H groups in total. The summed E-state index contributed by atoms with van der Waals surface area (Å²) in [6.45, 7) is 11.2. The molecule has 1 fully saturated rings. The van der Waals surface area contributed by atoms with E-state index in [-0.39, 0.29) is 12.0 Å². The van der Waals surface area contributed by atoms with Gasteiger partial charge in [0.15, 0.2) is 0 Å². The minimum atomic E-state index is -3.15. The Morgan fingerprint density at radius 3 is 2.42 bits per heavy atom. The van der Waals surface area contributed by atoms with Gasteiger partial charge in [0, 0.05) is 56.6 Å². The minimum absolute atomic E-state index is 0.216. The quantitative estimate of drug-likeness (QED) is 0.154. The highest BCUT2D eigenvalue weighted by molar-refractivity contribution is 7.89. The molecule has 0 aromatic carbocycles. The second-order valence-electron chi connectivity index (χ2n) is 9.59. The molecule has 8 nitrogen and oxygen atoms in total. The van der Waals surface area contributed by atoms with E-state index in [1.54, 1.807) is 4.31 Å². The number of nitrogens with two attached hydrogens (primary N) is 1. The van der Waals surface area contributed by atoms with Gasteiger partial charge in [0.25, 0.3) is 0 Å². The summed E-state index contributed by atoms with van der Waals surface area (Å²) in [5, 5.41) is 4.28. The Labute approximate surface area is 225 Å². The van der Waals surface area contributed by atoms with Crippen LogP contribution in [0.3, 0.4) is 0 Å². The van der Waals surface area contributed by atoms with E-state index in [2.05, 4.69) is 22.4 Å². The van der Waals surface area contributed by atoms with Gasteiger partial charge in [0.1, 0.15) is 6.23 Å². The summed E-state index contributed by atoms with van der Waals surface area (Å²) in [6.07, 6.45) is 11.0. The van der Waals surface area contributed by atoms with Gasteiger partial charge in [-0.2, -0.15) is 4.31 Å². The molecule has 0 spiro atoms. The lowest BCUT2D eigenvalue weighted by molar-refractivity contribution is 0.0379. The highest BCUT2D eigenvalue weighted by Gasteiger charge is 2.26. The predicted octanol–water partition coefficient (Wildman–Crippen LogP) is 3.33. The van der Waals surface area contributed by atoms with E-state index in [0.717, 1.165) is 55.1 Å². The van der Waals surface area contributed by atoms with Crippen LogP contribution in [0, 0.1) is 0 Å². The number of rotatable bonds is 18. The number of allylic oxidation sites excluding steroid dienone is 3. The number of hydrogen-bond donors (Lipinski definition) is 2. The molecule has 0 bridgehead atoms. The number of halogens is 1. The predicted molar refractivity (Wildman–Crippen MR) is 152 cm³/mol. The average Bonchev–Trinajstić information content (AvgIpc) is 2.81. The Morgan fingerprint density at radius 2 is 1.83 bits per heavy atom. The lowest BCUT2D eigenvalue weighted by Crippen LogP contribution is -2.48. The van der Waals surface area contributed by atoms with Gasteiger partial charge >= 0.3 is 0 Å². The standard InChI is InChI=1S/C26H50ClN5O3S/c1-6-12-25(31-14-16-32(17-15-31)36(33,34)19-7-2)20-24(23(3)27)21-29-13-10-8-9-11-18-35-26(28)22-30(4)5/h6,12,20,26,29H,7-11,13-19,21-22,28H2,1-5H3/b12-6-,24-23-,25-20+. The first kappa shape index (κ1) is 33.1. The highest BCUT2D eigenvalue weighted by atomic mass is 35.5. The number of hydrogen-bond acceptors (Lipinski definition) is 7. The van der Waals surface area contributed by atoms with Crippen molar-refractivity contribution < 1.29 is 13.2 Å². The first-order valence-corrected chi connectivity index (χ1v) is 15.2. The molecule has 210 valence electrons. The Kier molecular flexibility index (Phi) is 16.9. The molecule has 1 unspecified atom stereocenters. The normalized spacial score (nSPS) is 17.8. The van der Waals surface area contributed by atoms with Gasteiger partial charge in [-0.05, 0) is 71.5 Å². The van der Waals surface area contributed by atoms with Crippen LogP contribution in [0.15, 0.2) is 34.5 Å². The summed E-state index contributed by atoms with van der Waals surface area (Å²) in [5.41, 5.74) is 8.03. The monoisotopic (exact) mass is 547 g/mol. The van der Waals surface area contributed by atoms with Crippen LogP contribution in [0.2, 0.25) is 0 Å². The lowest BCUT2D eigenvalue weighted by atomic mass is 10.1. The van der Waals surface area contributed by atoms with Crippen LogP contribution in [0.25, 0.3) is 0 Å². The molecule has 1 atom stereocenters. The number of nitrogens with one attached hydrogen (secondary N) is 1. The van der Waals surface area contributed by atoms with Gasteiger partial charge in [-0.25, -0.2) is 8.42 Å². The van der Waals surface area contributed by atoms with E-state index in [1.165, 1.54) is 0 Å². The van der Waals surface area contributed by atoms with E-state index in [4.69, 9.17) is 22.1 Å². The molecule has 1 aliphatic heterocycles. The fourth-order valence-electron chi connectivity index (χ4n) is 4.05. The van der Waals surface area contributed by atoms with Gasteiger partial charge in [-0.15, -0.1) is 0 Å². The zero-order valence-electron chi connectivity index (χ0n) is 23.1. The summed E-state index contributed by atoms with van der Waals surface area (Å²) in [5.74, 6) is 0.216. The molecular formula is C26H50ClN5O3S. The molecule has 0 aliphatic carbocycles. The van der Waals surface area contributed by atoms with E-state index in [9.17, 15) is 8.42 Å². The van der Waals surface area contributed by atoms with E-state index in [1.807, 2.05) is 45.8 Å². The third-order valence-electron chi connectivity index (χ3n) is 6.00. The Morgan fingerprint density at radius 1 is 1.17 bits per heavy atom. The molecule has 0 amide bonds. The fraction of sp³-hybridized carbons (Fsp3) is 0.769. The third kappa shape index (κ3) is 13.6. The molecule has 0 aromatic heterocycles. The zero-order valence-corrected chi connectivity index (χ0v) is 24.7. The number of nitrogens with zero attached hydrogens (tertiary/aromatic N) is 3. The van der Waals surface area contributed by atoms with Crippen molar-refractivity contribution in [1.29, 1.82) is 0 Å². The second-order valence-corrected chi connectivity index (χ2v) is 12.2. The van der Waals surface area contributed by atoms with Gasteiger partial charge < -0.3 is 25.6 Å². The van der Waals surface area contributed by atoms with Gasteiger partial charge in [0.05, 0.1) is 5.75 Å². The van der Waals surface area contributed by atoms with Crippen LogP contribution in [0.5, 0.6) is 0 Å². The van der Waals surface area contributed by atoms with Crippen LogP contribution >= 0.6 is 11.6 Å². The summed E-state index contributed by atoms with van der Waals surface area (Å²) in [6, 6.07) is 0. The SMILES string of the molecule is C\C=C/C(=C\C(CNCCCCCCOC(N)CN(C)C)=C(/C)Cl)N1CCN(S(=O)(=O)CCC)CC1. The van der Waals surface area contributed by atoms with Crippen molar-refractivity contribution in [2.75, 3.05) is 72.3 Å². The van der Waals surface area contributed by atoms with Crippen molar-refractivity contribution in [3.8, 4) is 0 Å². The summed E-state index contributed by atoms with van der Waals surface area (Å²) >= 11 is 6.44. The number of unbranched alkanes of at least 4 members (excludes halogenated alkanes) is 3. The molecule has 0 saturated carbocycles. The van der Waals surface area contributed by atoms with Crippen molar-refractivity contribution in [2.45, 2.75) is 59.1 Å². The molecule has 1 aliphatic rings. The summed E-state index contributed by atoms with van der Waals surface area (Å²) < 4.78 is 32.0. The van der Waals surface area contributed by atoms with Crippen molar-refractivity contribution in [1.82, 2.24) is 19.4 Å². The number of piperazine rings is 1. The van der Waals surface area contributed by atoms with Crippen molar-refractivity contribution in [3.63, 3.8) is 0 Å². The first-order chi connectivity index (χ1) is 17.1. The maximum atomic E-state index is 12.4. The minimum Gasteiger partial charge on any atom is -0.369 e. The molecule has 0 aromatic rings. The molecule has 1 saturated heterocycles. The number of likely N-dealkylation sites (N-methyl/N-ethyl adjacent to an activating group) is 1. The van der Waals surface area contributed by atoms with Gasteiger partial charge in [-0.1, -0.05) is 37.4 Å².